The molecule has 1 unspecified atom stereocenters. The van der Waals surface area contributed by atoms with Crippen molar-refractivity contribution in [3.8, 4) is 0 Å². The van der Waals surface area contributed by atoms with Crippen LogP contribution < -0.4 is 5.32 Å². The third-order valence-corrected chi connectivity index (χ3v) is 2.03. The second-order valence-electron chi connectivity index (χ2n) is 5.17. The first kappa shape index (κ1) is 18.5. The number of amides is 1. The molecule has 0 rings (SSSR count). The van der Waals surface area contributed by atoms with E-state index in [1.807, 2.05) is 6.92 Å². The van der Waals surface area contributed by atoms with E-state index in [0.717, 1.165) is 0 Å². The highest BCUT2D eigenvalue weighted by Crippen LogP contribution is 2.16. The van der Waals surface area contributed by atoms with E-state index in [2.05, 4.69) is 0 Å². The van der Waals surface area contributed by atoms with E-state index in [4.69, 9.17) is 4.74 Å². The van der Waals surface area contributed by atoms with Gasteiger partial charge in [0.2, 0.25) is 0 Å². The molecule has 0 spiro atoms. The molecule has 0 aromatic carbocycles. The molecule has 1 amide bonds. The van der Waals surface area contributed by atoms with Crippen molar-refractivity contribution in [3.05, 3.63) is 12.2 Å². The third-order valence-electron chi connectivity index (χ3n) is 2.03. The average molecular weight is 295 g/mol. The number of hydrogen-bond donors (Lipinski definition) is 1. The van der Waals surface area contributed by atoms with Crippen LogP contribution in [0.2, 0.25) is 0 Å². The minimum absolute atomic E-state index is 0.0510. The SMILES string of the molecule is CC/C=C\CC(NC(=O)C(F)(F)F)C(=O)OC(C)(C)C. The van der Waals surface area contributed by atoms with Crippen LogP contribution in [0.25, 0.3) is 0 Å². The Bertz CT molecular complexity index is 370. The van der Waals surface area contributed by atoms with Crippen molar-refractivity contribution in [2.45, 2.75) is 58.4 Å². The summed E-state index contributed by atoms with van der Waals surface area (Å²) in [7, 11) is 0. The average Bonchev–Trinajstić information content (AvgIpc) is 2.23. The molecule has 0 aromatic rings. The number of halogens is 3. The van der Waals surface area contributed by atoms with Gasteiger partial charge in [-0.25, -0.2) is 4.79 Å². The van der Waals surface area contributed by atoms with Gasteiger partial charge in [0.1, 0.15) is 11.6 Å². The van der Waals surface area contributed by atoms with E-state index < -0.39 is 29.7 Å². The van der Waals surface area contributed by atoms with Gasteiger partial charge in [-0.2, -0.15) is 13.2 Å². The van der Waals surface area contributed by atoms with Gasteiger partial charge in [0.15, 0.2) is 0 Å². The van der Waals surface area contributed by atoms with Crippen molar-refractivity contribution >= 4 is 11.9 Å². The Morgan fingerprint density at radius 3 is 2.15 bits per heavy atom. The molecule has 0 bridgehead atoms. The number of carbonyl (C=O) groups excluding carboxylic acids is 2. The Morgan fingerprint density at radius 2 is 1.75 bits per heavy atom. The first-order valence-corrected chi connectivity index (χ1v) is 6.23. The molecule has 0 heterocycles. The van der Waals surface area contributed by atoms with Gasteiger partial charge in [-0.15, -0.1) is 0 Å². The largest absolute Gasteiger partial charge is 0.471 e. The maximum atomic E-state index is 12.2. The zero-order valence-electron chi connectivity index (χ0n) is 12.0. The molecule has 1 N–H and O–H groups in total. The van der Waals surface area contributed by atoms with Gasteiger partial charge in [-0.05, 0) is 33.6 Å². The lowest BCUT2D eigenvalue weighted by molar-refractivity contribution is -0.177. The first-order valence-electron chi connectivity index (χ1n) is 6.23. The summed E-state index contributed by atoms with van der Waals surface area (Å²) in [4.78, 5) is 22.7. The van der Waals surface area contributed by atoms with Crippen LogP contribution in [0, 0.1) is 0 Å². The molecule has 0 fully saturated rings. The monoisotopic (exact) mass is 295 g/mol. The van der Waals surface area contributed by atoms with Gasteiger partial charge in [-0.1, -0.05) is 19.1 Å². The van der Waals surface area contributed by atoms with Gasteiger partial charge in [-0.3, -0.25) is 4.79 Å². The lowest BCUT2D eigenvalue weighted by Gasteiger charge is -2.24. The van der Waals surface area contributed by atoms with Crippen LogP contribution in [0.5, 0.6) is 0 Å². The van der Waals surface area contributed by atoms with Crippen molar-refractivity contribution in [1.82, 2.24) is 5.32 Å². The summed E-state index contributed by atoms with van der Waals surface area (Å²) in [5.74, 6) is -3.05. The summed E-state index contributed by atoms with van der Waals surface area (Å²) in [5.41, 5.74) is -0.841. The minimum Gasteiger partial charge on any atom is -0.458 e. The number of alkyl halides is 3. The maximum absolute atomic E-state index is 12.2. The molecule has 0 aliphatic heterocycles. The molecular formula is C13H20F3NO3. The molecular weight excluding hydrogens is 275 g/mol. The molecule has 0 saturated carbocycles. The van der Waals surface area contributed by atoms with Crippen LogP contribution in [-0.4, -0.2) is 29.7 Å². The van der Waals surface area contributed by atoms with Gasteiger partial charge in [0.25, 0.3) is 0 Å². The van der Waals surface area contributed by atoms with Gasteiger partial charge in [0.05, 0.1) is 0 Å². The number of carbonyl (C=O) groups is 2. The molecule has 0 aliphatic carbocycles. The normalized spacial score (nSPS) is 14.2. The molecule has 0 aromatic heterocycles. The van der Waals surface area contributed by atoms with Crippen molar-refractivity contribution in [2.24, 2.45) is 0 Å². The van der Waals surface area contributed by atoms with Gasteiger partial charge in [0, 0.05) is 0 Å². The summed E-state index contributed by atoms with van der Waals surface area (Å²) in [5, 5.41) is 1.65. The Morgan fingerprint density at radius 1 is 1.20 bits per heavy atom. The highest BCUT2D eigenvalue weighted by molar-refractivity contribution is 5.87. The van der Waals surface area contributed by atoms with Crippen LogP contribution in [0.4, 0.5) is 13.2 Å². The summed E-state index contributed by atoms with van der Waals surface area (Å²) in [6.07, 6.45) is -1.18. The third kappa shape index (κ3) is 7.81. The Balaban J connectivity index is 4.85. The first-order chi connectivity index (χ1) is 8.97. The van der Waals surface area contributed by atoms with Crippen LogP contribution in [-0.2, 0) is 14.3 Å². The second kappa shape index (κ2) is 7.31. The molecule has 0 radical (unpaired) electrons. The zero-order chi connectivity index (χ0) is 16.0. The van der Waals surface area contributed by atoms with Gasteiger partial charge < -0.3 is 10.1 Å². The van der Waals surface area contributed by atoms with E-state index in [1.54, 1.807) is 32.2 Å². The number of hydrogen-bond acceptors (Lipinski definition) is 3. The summed E-state index contributed by atoms with van der Waals surface area (Å²) < 4.78 is 41.6. The number of rotatable bonds is 5. The van der Waals surface area contributed by atoms with Crippen molar-refractivity contribution in [1.29, 1.82) is 0 Å². The van der Waals surface area contributed by atoms with E-state index in [0.29, 0.717) is 6.42 Å². The van der Waals surface area contributed by atoms with E-state index >= 15 is 0 Å². The Kier molecular flexibility index (Phi) is 6.75. The summed E-state index contributed by atoms with van der Waals surface area (Å²) >= 11 is 0. The van der Waals surface area contributed by atoms with E-state index in [-0.39, 0.29) is 6.42 Å². The molecule has 0 saturated heterocycles. The minimum atomic E-state index is -5.03. The fourth-order valence-electron chi connectivity index (χ4n) is 1.23. The highest BCUT2D eigenvalue weighted by Gasteiger charge is 2.41. The van der Waals surface area contributed by atoms with E-state index in [1.165, 1.54) is 6.08 Å². The molecule has 4 nitrogen and oxygen atoms in total. The van der Waals surface area contributed by atoms with Crippen molar-refractivity contribution in [3.63, 3.8) is 0 Å². The summed E-state index contributed by atoms with van der Waals surface area (Å²) in [6.45, 7) is 6.62. The Labute approximate surface area is 116 Å². The fraction of sp³-hybridized carbons (Fsp3) is 0.692. The molecule has 7 heteroatoms. The summed E-state index contributed by atoms with van der Waals surface area (Å²) in [6, 6.07) is -1.36. The molecule has 0 aliphatic rings. The highest BCUT2D eigenvalue weighted by atomic mass is 19.4. The molecule has 1 atom stereocenters. The zero-order valence-corrected chi connectivity index (χ0v) is 12.0. The lowest BCUT2D eigenvalue weighted by Crippen LogP contribution is -2.48. The van der Waals surface area contributed by atoms with E-state index in [9.17, 15) is 22.8 Å². The number of esters is 1. The second-order valence-corrected chi connectivity index (χ2v) is 5.17. The van der Waals surface area contributed by atoms with Crippen LogP contribution in [0.15, 0.2) is 12.2 Å². The van der Waals surface area contributed by atoms with Crippen LogP contribution in [0.3, 0.4) is 0 Å². The molecule has 20 heavy (non-hydrogen) atoms. The number of ether oxygens (including phenoxy) is 1. The van der Waals surface area contributed by atoms with Gasteiger partial charge >= 0.3 is 18.1 Å². The molecule has 116 valence electrons. The predicted molar refractivity (Wildman–Crippen MR) is 67.9 cm³/mol. The fourth-order valence-corrected chi connectivity index (χ4v) is 1.23. The maximum Gasteiger partial charge on any atom is 0.471 e. The topological polar surface area (TPSA) is 55.4 Å². The van der Waals surface area contributed by atoms with Crippen LogP contribution in [0.1, 0.15) is 40.5 Å². The number of allylic oxidation sites excluding steroid dienone is 1. The standard InChI is InChI=1S/C13H20F3NO3/c1-5-6-7-8-9(10(18)20-12(2,3)4)17-11(19)13(14,15)16/h6-7,9H,5,8H2,1-4H3,(H,17,19)/b7-6-. The predicted octanol–water partition coefficient (Wildman–Crippen LogP) is 2.73. The number of nitrogens with one attached hydrogen (secondary N) is 1. The Hall–Kier alpha value is -1.53. The van der Waals surface area contributed by atoms with Crippen molar-refractivity contribution in [2.75, 3.05) is 0 Å². The quantitative estimate of drug-likeness (QED) is 0.627. The van der Waals surface area contributed by atoms with Crippen molar-refractivity contribution < 1.29 is 27.5 Å². The smallest absolute Gasteiger partial charge is 0.458 e. The lowest BCUT2D eigenvalue weighted by atomic mass is 10.1. The van der Waals surface area contributed by atoms with Crippen LogP contribution >= 0.6 is 0 Å².